The van der Waals surface area contributed by atoms with Crippen LogP contribution >= 0.6 is 0 Å². The second-order valence-electron chi connectivity index (χ2n) is 6.01. The number of imide groups is 1. The maximum atomic E-state index is 11.6. The highest BCUT2D eigenvalue weighted by Gasteiger charge is 2.22. The number of pyridine rings is 3. The Morgan fingerprint density at radius 1 is 0.786 bits per heavy atom. The maximum absolute atomic E-state index is 11.6. The first-order chi connectivity index (χ1) is 13.7. The van der Waals surface area contributed by atoms with Gasteiger partial charge >= 0.3 is 0 Å². The van der Waals surface area contributed by atoms with Crippen LogP contribution in [0.5, 0.6) is 5.75 Å². The van der Waals surface area contributed by atoms with Gasteiger partial charge in [0, 0.05) is 36.7 Å². The van der Waals surface area contributed by atoms with E-state index in [0.29, 0.717) is 28.5 Å². The van der Waals surface area contributed by atoms with Crippen molar-refractivity contribution in [2.24, 2.45) is 0 Å². The summed E-state index contributed by atoms with van der Waals surface area (Å²) in [6.07, 6.45) is 5.91. The average Bonchev–Trinajstić information content (AvgIpc) is 3.07. The van der Waals surface area contributed by atoms with Gasteiger partial charge in [0.05, 0.1) is 29.3 Å². The van der Waals surface area contributed by atoms with Crippen LogP contribution < -0.4 is 4.74 Å². The van der Waals surface area contributed by atoms with Crippen LogP contribution in [0.4, 0.5) is 0 Å². The van der Waals surface area contributed by atoms with Crippen molar-refractivity contribution in [3.05, 3.63) is 73.1 Å². The average molecular weight is 372 g/mol. The number of rotatable bonds is 6. The van der Waals surface area contributed by atoms with E-state index < -0.39 is 0 Å². The van der Waals surface area contributed by atoms with E-state index in [1.54, 1.807) is 24.5 Å². The van der Waals surface area contributed by atoms with Crippen molar-refractivity contribution in [2.45, 2.75) is 0 Å². The van der Waals surface area contributed by atoms with Crippen molar-refractivity contribution in [1.29, 1.82) is 0 Å². The summed E-state index contributed by atoms with van der Waals surface area (Å²) in [7, 11) is 0. The summed E-state index contributed by atoms with van der Waals surface area (Å²) in [6, 6.07) is 14.7. The second-order valence-corrected chi connectivity index (χ2v) is 6.01. The summed E-state index contributed by atoms with van der Waals surface area (Å²) in [4.78, 5) is 37.8. The van der Waals surface area contributed by atoms with E-state index in [2.05, 4.69) is 15.0 Å². The second kappa shape index (κ2) is 7.79. The number of amides is 2. The predicted octanol–water partition coefficient (Wildman–Crippen LogP) is 2.51. The van der Waals surface area contributed by atoms with Crippen molar-refractivity contribution in [3.63, 3.8) is 0 Å². The van der Waals surface area contributed by atoms with Crippen LogP contribution in [-0.2, 0) is 9.59 Å². The van der Waals surface area contributed by atoms with E-state index in [4.69, 9.17) is 4.74 Å². The first kappa shape index (κ1) is 17.5. The largest absolute Gasteiger partial charge is 0.492 e. The number of carbonyl (C=O) groups is 2. The third-order valence-corrected chi connectivity index (χ3v) is 4.14. The molecule has 3 aromatic heterocycles. The van der Waals surface area contributed by atoms with Crippen molar-refractivity contribution < 1.29 is 14.3 Å². The van der Waals surface area contributed by atoms with E-state index >= 15 is 0 Å². The van der Waals surface area contributed by atoms with Gasteiger partial charge in [-0.1, -0.05) is 12.1 Å². The molecule has 1 aliphatic rings. The predicted molar refractivity (Wildman–Crippen MR) is 102 cm³/mol. The van der Waals surface area contributed by atoms with Gasteiger partial charge in [-0.25, -0.2) is 4.98 Å². The molecule has 0 bridgehead atoms. The molecular formula is C21H16N4O3. The standard InChI is InChI=1S/C21H16N4O3/c26-20-7-8-21(27)25(20)11-12-28-15-13-18(16-5-1-3-9-22-16)24-19(14-15)17-6-2-4-10-23-17/h1-10,13-14H,11-12H2. The molecule has 138 valence electrons. The minimum absolute atomic E-state index is 0.171. The number of nitrogens with zero attached hydrogens (tertiary/aromatic N) is 4. The molecule has 1 aliphatic heterocycles. The van der Waals surface area contributed by atoms with Gasteiger partial charge in [-0.05, 0) is 24.3 Å². The lowest BCUT2D eigenvalue weighted by Crippen LogP contribution is -2.33. The smallest absolute Gasteiger partial charge is 0.253 e. The monoisotopic (exact) mass is 372 g/mol. The van der Waals surface area contributed by atoms with Crippen molar-refractivity contribution >= 4 is 11.8 Å². The molecule has 0 spiro atoms. The fourth-order valence-corrected chi connectivity index (χ4v) is 2.79. The summed E-state index contributed by atoms with van der Waals surface area (Å²) < 4.78 is 5.82. The third-order valence-electron chi connectivity index (χ3n) is 4.14. The zero-order valence-corrected chi connectivity index (χ0v) is 14.9. The van der Waals surface area contributed by atoms with E-state index in [0.717, 1.165) is 4.90 Å². The lowest BCUT2D eigenvalue weighted by Gasteiger charge is -2.15. The lowest BCUT2D eigenvalue weighted by molar-refractivity contribution is -0.137. The molecule has 0 aromatic carbocycles. The van der Waals surface area contributed by atoms with E-state index in [-0.39, 0.29) is 25.0 Å². The lowest BCUT2D eigenvalue weighted by atomic mass is 10.2. The van der Waals surface area contributed by atoms with E-state index in [1.807, 2.05) is 36.4 Å². The first-order valence-electron chi connectivity index (χ1n) is 8.72. The molecule has 0 radical (unpaired) electrons. The summed E-state index contributed by atoms with van der Waals surface area (Å²) in [6.45, 7) is 0.345. The number of hydrogen-bond donors (Lipinski definition) is 0. The minimum atomic E-state index is -0.327. The first-order valence-corrected chi connectivity index (χ1v) is 8.72. The normalized spacial score (nSPS) is 13.2. The number of aromatic nitrogens is 3. The number of carbonyl (C=O) groups excluding carboxylic acids is 2. The molecule has 0 saturated carbocycles. The van der Waals surface area contributed by atoms with Crippen LogP contribution in [0.2, 0.25) is 0 Å². The topological polar surface area (TPSA) is 85.3 Å². The van der Waals surface area contributed by atoms with Crippen LogP contribution in [0, 0.1) is 0 Å². The zero-order valence-electron chi connectivity index (χ0n) is 14.9. The molecular weight excluding hydrogens is 356 g/mol. The molecule has 0 fully saturated rings. The highest BCUT2D eigenvalue weighted by Crippen LogP contribution is 2.26. The Balaban J connectivity index is 1.59. The van der Waals surface area contributed by atoms with Crippen LogP contribution in [0.15, 0.2) is 73.1 Å². The molecule has 4 heterocycles. The molecule has 0 saturated heterocycles. The Morgan fingerprint density at radius 3 is 1.86 bits per heavy atom. The van der Waals surface area contributed by atoms with Gasteiger partial charge in [-0.15, -0.1) is 0 Å². The highest BCUT2D eigenvalue weighted by atomic mass is 16.5. The molecule has 7 nitrogen and oxygen atoms in total. The molecule has 0 N–H and O–H groups in total. The van der Waals surface area contributed by atoms with Gasteiger partial charge in [-0.2, -0.15) is 0 Å². The van der Waals surface area contributed by atoms with Crippen molar-refractivity contribution in [1.82, 2.24) is 19.9 Å². The Kier molecular flexibility index (Phi) is 4.88. The summed E-state index contributed by atoms with van der Waals surface area (Å²) in [5.41, 5.74) is 2.71. The van der Waals surface area contributed by atoms with Gasteiger partial charge in [0.1, 0.15) is 12.4 Å². The highest BCUT2D eigenvalue weighted by molar-refractivity contribution is 6.12. The Morgan fingerprint density at radius 2 is 1.36 bits per heavy atom. The third kappa shape index (κ3) is 3.78. The van der Waals surface area contributed by atoms with E-state index in [1.165, 1.54) is 12.2 Å². The molecule has 0 aliphatic carbocycles. The summed E-state index contributed by atoms with van der Waals surface area (Å²) in [5, 5.41) is 0. The molecule has 3 aromatic rings. The maximum Gasteiger partial charge on any atom is 0.253 e. The van der Waals surface area contributed by atoms with Gasteiger partial charge in [-0.3, -0.25) is 24.5 Å². The molecule has 0 atom stereocenters. The molecule has 7 heteroatoms. The van der Waals surface area contributed by atoms with Gasteiger partial charge in [0.2, 0.25) is 0 Å². The Labute approximate surface area is 161 Å². The molecule has 0 unspecified atom stereocenters. The van der Waals surface area contributed by atoms with Crippen LogP contribution in [-0.4, -0.2) is 44.8 Å². The molecule has 28 heavy (non-hydrogen) atoms. The van der Waals surface area contributed by atoms with Crippen LogP contribution in [0.1, 0.15) is 0 Å². The van der Waals surface area contributed by atoms with Crippen molar-refractivity contribution in [3.8, 4) is 28.5 Å². The minimum Gasteiger partial charge on any atom is -0.492 e. The van der Waals surface area contributed by atoms with Gasteiger partial charge in [0.15, 0.2) is 0 Å². The fraction of sp³-hybridized carbons (Fsp3) is 0.0952. The quantitative estimate of drug-likeness (QED) is 0.618. The van der Waals surface area contributed by atoms with Gasteiger partial charge < -0.3 is 4.74 Å². The summed E-state index contributed by atoms with van der Waals surface area (Å²) in [5.74, 6) is -0.0956. The summed E-state index contributed by atoms with van der Waals surface area (Å²) >= 11 is 0. The van der Waals surface area contributed by atoms with Crippen molar-refractivity contribution in [2.75, 3.05) is 13.2 Å². The number of hydrogen-bond acceptors (Lipinski definition) is 6. The van der Waals surface area contributed by atoms with Crippen LogP contribution in [0.3, 0.4) is 0 Å². The van der Waals surface area contributed by atoms with Crippen LogP contribution in [0.25, 0.3) is 22.8 Å². The molecule has 4 rings (SSSR count). The Bertz CT molecular complexity index is 960. The zero-order chi connectivity index (χ0) is 19.3. The fourth-order valence-electron chi connectivity index (χ4n) is 2.79. The van der Waals surface area contributed by atoms with Gasteiger partial charge in [0.25, 0.3) is 11.8 Å². The van der Waals surface area contributed by atoms with E-state index in [9.17, 15) is 9.59 Å². The Hall–Kier alpha value is -3.87. The molecule has 2 amide bonds. The number of ether oxygens (including phenoxy) is 1. The SMILES string of the molecule is O=C1C=CC(=O)N1CCOc1cc(-c2ccccn2)nc(-c2ccccn2)c1.